The topological polar surface area (TPSA) is 80.9 Å². The minimum atomic E-state index is -1.13. The highest BCUT2D eigenvalue weighted by molar-refractivity contribution is 14.1. The Hall–Kier alpha value is -2.03. The minimum Gasteiger partial charge on any atom is -0.476 e. The van der Waals surface area contributed by atoms with Crippen molar-refractivity contribution < 1.29 is 9.90 Å². The second kappa shape index (κ2) is 4.57. The number of benzene rings is 1. The second-order valence-corrected chi connectivity index (χ2v) is 5.07. The fraction of sp³-hybridized carbons (Fsp3) is 0. The van der Waals surface area contributed by atoms with Crippen LogP contribution in [0, 0.1) is 3.57 Å². The average Bonchev–Trinajstić information content (AvgIpc) is 2.83. The summed E-state index contributed by atoms with van der Waals surface area (Å²) >= 11 is 2.11. The van der Waals surface area contributed by atoms with Gasteiger partial charge in [0.2, 0.25) is 0 Å². The van der Waals surface area contributed by atoms with Crippen LogP contribution in [0.4, 0.5) is 0 Å². The predicted molar refractivity (Wildman–Crippen MR) is 76.3 cm³/mol. The Bertz CT molecular complexity index is 784. The van der Waals surface area contributed by atoms with Crippen molar-refractivity contribution in [3.8, 4) is 5.69 Å². The molecule has 2 heterocycles. The highest BCUT2D eigenvalue weighted by Crippen LogP contribution is 2.23. The average molecular weight is 366 g/mol. The lowest BCUT2D eigenvalue weighted by molar-refractivity contribution is 0.0689. The van der Waals surface area contributed by atoms with E-state index in [0.29, 0.717) is 16.6 Å². The maximum atomic E-state index is 11.3. The molecule has 1 N–H and O–H groups in total. The van der Waals surface area contributed by atoms with Crippen LogP contribution < -0.4 is 0 Å². The summed E-state index contributed by atoms with van der Waals surface area (Å²) in [5.41, 5.74) is 0.951. The first kappa shape index (κ1) is 12.0. The summed E-state index contributed by atoms with van der Waals surface area (Å²) in [4.78, 5) is 11.3. The van der Waals surface area contributed by atoms with Crippen molar-refractivity contribution in [1.82, 2.24) is 20.0 Å². The van der Waals surface area contributed by atoms with Gasteiger partial charge in [0.1, 0.15) is 5.69 Å². The molecule has 1 aromatic carbocycles. The Balaban J connectivity index is 2.41. The predicted octanol–water partition coefficient (Wildman–Crippen LogP) is 2.12. The fourth-order valence-electron chi connectivity index (χ4n) is 1.84. The third-order valence-electron chi connectivity index (χ3n) is 2.62. The van der Waals surface area contributed by atoms with Gasteiger partial charge in [-0.2, -0.15) is 5.10 Å². The molecular formula is C12H7IN4O2. The van der Waals surface area contributed by atoms with Gasteiger partial charge in [-0.3, -0.25) is 0 Å². The molecule has 0 fully saturated rings. The van der Waals surface area contributed by atoms with E-state index in [1.165, 1.54) is 4.68 Å². The molecule has 3 rings (SSSR count). The number of aromatic nitrogens is 4. The molecule has 0 spiro atoms. The van der Waals surface area contributed by atoms with Crippen molar-refractivity contribution >= 4 is 39.5 Å². The molecule has 0 bridgehead atoms. The lowest BCUT2D eigenvalue weighted by Gasteiger charge is -2.08. The van der Waals surface area contributed by atoms with E-state index in [1.54, 1.807) is 24.5 Å². The first-order chi connectivity index (χ1) is 9.16. The van der Waals surface area contributed by atoms with Gasteiger partial charge in [0.15, 0.2) is 5.69 Å². The van der Waals surface area contributed by atoms with Gasteiger partial charge in [0.25, 0.3) is 0 Å². The molecule has 0 unspecified atom stereocenters. The Morgan fingerprint density at radius 2 is 2.05 bits per heavy atom. The van der Waals surface area contributed by atoms with E-state index < -0.39 is 5.97 Å². The van der Waals surface area contributed by atoms with E-state index in [-0.39, 0.29) is 5.69 Å². The smallest absolute Gasteiger partial charge is 0.358 e. The van der Waals surface area contributed by atoms with Crippen molar-refractivity contribution in [3.63, 3.8) is 0 Å². The van der Waals surface area contributed by atoms with Gasteiger partial charge in [-0.25, -0.2) is 9.48 Å². The number of nitrogens with zero attached hydrogens (tertiary/aromatic N) is 4. The Kier molecular flexibility index (Phi) is 2.90. The molecule has 0 aliphatic heterocycles. The normalized spacial score (nSPS) is 10.8. The number of halogens is 1. The minimum absolute atomic E-state index is 0.113. The summed E-state index contributed by atoms with van der Waals surface area (Å²) in [6, 6.07) is 7.24. The number of rotatable bonds is 2. The van der Waals surface area contributed by atoms with Crippen LogP contribution in [-0.2, 0) is 0 Å². The van der Waals surface area contributed by atoms with Gasteiger partial charge in [-0.1, -0.05) is 18.2 Å². The van der Waals surface area contributed by atoms with Crippen LogP contribution in [0.2, 0.25) is 0 Å². The zero-order valence-electron chi connectivity index (χ0n) is 9.49. The quantitative estimate of drug-likeness (QED) is 0.703. The summed E-state index contributed by atoms with van der Waals surface area (Å²) in [6.07, 6.45) is 3.40. The summed E-state index contributed by atoms with van der Waals surface area (Å²) in [6.45, 7) is 0. The van der Waals surface area contributed by atoms with Crippen molar-refractivity contribution in [2.75, 3.05) is 0 Å². The molecule has 0 aliphatic carbocycles. The molecule has 0 saturated carbocycles. The number of aromatic carboxylic acids is 1. The van der Waals surface area contributed by atoms with Gasteiger partial charge in [-0.15, -0.1) is 10.2 Å². The van der Waals surface area contributed by atoms with Crippen molar-refractivity contribution in [2.24, 2.45) is 0 Å². The van der Waals surface area contributed by atoms with Crippen LogP contribution in [0.15, 0.2) is 36.7 Å². The van der Waals surface area contributed by atoms with Crippen LogP contribution in [-0.4, -0.2) is 31.1 Å². The summed E-state index contributed by atoms with van der Waals surface area (Å²) in [5, 5.41) is 21.8. The SMILES string of the molecule is O=C(O)c1nnc2ccccc2c1-n1cc(I)cn1. The first-order valence-corrected chi connectivity index (χ1v) is 6.44. The third kappa shape index (κ3) is 2.05. The van der Waals surface area contributed by atoms with Gasteiger partial charge in [0.05, 0.1) is 15.3 Å². The third-order valence-corrected chi connectivity index (χ3v) is 3.18. The Labute approximate surface area is 121 Å². The van der Waals surface area contributed by atoms with E-state index in [1.807, 2.05) is 12.1 Å². The monoisotopic (exact) mass is 366 g/mol. The van der Waals surface area contributed by atoms with E-state index >= 15 is 0 Å². The fourth-order valence-corrected chi connectivity index (χ4v) is 2.23. The van der Waals surface area contributed by atoms with E-state index in [2.05, 4.69) is 37.9 Å². The van der Waals surface area contributed by atoms with E-state index in [9.17, 15) is 9.90 Å². The molecule has 0 atom stereocenters. The van der Waals surface area contributed by atoms with Crippen LogP contribution >= 0.6 is 22.6 Å². The summed E-state index contributed by atoms with van der Waals surface area (Å²) in [7, 11) is 0. The molecule has 6 nitrogen and oxygen atoms in total. The van der Waals surface area contributed by atoms with E-state index in [4.69, 9.17) is 0 Å². The second-order valence-electron chi connectivity index (χ2n) is 3.82. The van der Waals surface area contributed by atoms with Crippen molar-refractivity contribution in [2.45, 2.75) is 0 Å². The van der Waals surface area contributed by atoms with Crippen molar-refractivity contribution in [1.29, 1.82) is 0 Å². The van der Waals surface area contributed by atoms with Crippen molar-refractivity contribution in [3.05, 3.63) is 45.9 Å². The van der Waals surface area contributed by atoms with Crippen LogP contribution in [0.1, 0.15) is 10.5 Å². The number of carboxylic acids is 1. The standard InChI is InChI=1S/C12H7IN4O2/c13-7-5-14-17(6-7)11-8-3-1-2-4-9(8)15-16-10(11)12(18)19/h1-6H,(H,18,19). The lowest BCUT2D eigenvalue weighted by atomic mass is 10.1. The maximum absolute atomic E-state index is 11.3. The lowest BCUT2D eigenvalue weighted by Crippen LogP contribution is -2.10. The molecule has 94 valence electrons. The highest BCUT2D eigenvalue weighted by Gasteiger charge is 2.18. The van der Waals surface area contributed by atoms with Crippen LogP contribution in [0.5, 0.6) is 0 Å². The number of carbonyl (C=O) groups is 1. The Morgan fingerprint density at radius 1 is 1.26 bits per heavy atom. The number of hydrogen-bond acceptors (Lipinski definition) is 4. The Morgan fingerprint density at radius 3 is 2.74 bits per heavy atom. The number of hydrogen-bond donors (Lipinski definition) is 1. The number of fused-ring (bicyclic) bond motifs is 1. The molecule has 0 amide bonds. The molecule has 2 aromatic heterocycles. The van der Waals surface area contributed by atoms with Gasteiger partial charge < -0.3 is 5.11 Å². The molecule has 0 radical (unpaired) electrons. The largest absolute Gasteiger partial charge is 0.476 e. The molecule has 0 saturated heterocycles. The van der Waals surface area contributed by atoms with Crippen LogP contribution in [0.25, 0.3) is 16.6 Å². The molecule has 7 heteroatoms. The van der Waals surface area contributed by atoms with Gasteiger partial charge in [-0.05, 0) is 28.7 Å². The maximum Gasteiger partial charge on any atom is 0.358 e. The summed E-state index contributed by atoms with van der Waals surface area (Å²) < 4.78 is 2.43. The zero-order chi connectivity index (χ0) is 13.4. The molecule has 3 aromatic rings. The number of carboxylic acid groups (broad SMARTS) is 1. The summed E-state index contributed by atoms with van der Waals surface area (Å²) in [5.74, 6) is -1.13. The van der Waals surface area contributed by atoms with Gasteiger partial charge >= 0.3 is 5.97 Å². The van der Waals surface area contributed by atoms with Gasteiger partial charge in [0, 0.05) is 11.6 Å². The molecule has 19 heavy (non-hydrogen) atoms. The van der Waals surface area contributed by atoms with Crippen LogP contribution in [0.3, 0.4) is 0 Å². The highest BCUT2D eigenvalue weighted by atomic mass is 127. The first-order valence-electron chi connectivity index (χ1n) is 5.36. The zero-order valence-corrected chi connectivity index (χ0v) is 11.6. The molecule has 0 aliphatic rings. The molecular weight excluding hydrogens is 359 g/mol. The van der Waals surface area contributed by atoms with E-state index in [0.717, 1.165) is 3.57 Å².